The topological polar surface area (TPSA) is 104 Å². The zero-order valence-electron chi connectivity index (χ0n) is 23.0. The van der Waals surface area contributed by atoms with Crippen LogP contribution in [0, 0.1) is 6.92 Å². The molecule has 2 heterocycles. The Kier molecular flexibility index (Phi) is 8.59. The van der Waals surface area contributed by atoms with E-state index in [0.717, 1.165) is 16.5 Å². The molecule has 0 atom stereocenters. The molecule has 2 aromatic carbocycles. The summed E-state index contributed by atoms with van der Waals surface area (Å²) in [4.78, 5) is 30.8. The van der Waals surface area contributed by atoms with Gasteiger partial charge in [0.2, 0.25) is 0 Å². The van der Waals surface area contributed by atoms with Crippen molar-refractivity contribution in [3.05, 3.63) is 71.6 Å². The van der Waals surface area contributed by atoms with Crippen molar-refractivity contribution < 1.29 is 32.6 Å². The first kappa shape index (κ1) is 27.8. The molecule has 0 spiro atoms. The highest BCUT2D eigenvalue weighted by molar-refractivity contribution is 5.92. The van der Waals surface area contributed by atoms with E-state index in [2.05, 4.69) is 4.98 Å². The van der Waals surface area contributed by atoms with E-state index in [4.69, 9.17) is 23.0 Å². The fraction of sp³-hybridized carbons (Fsp3) is 0.367. The summed E-state index contributed by atoms with van der Waals surface area (Å²) >= 11 is 0. The number of aryl methyl sites for hydroxylation is 1. The van der Waals surface area contributed by atoms with Gasteiger partial charge in [-0.05, 0) is 58.7 Å². The average molecular weight is 535 g/mol. The highest BCUT2D eigenvalue weighted by Gasteiger charge is 2.27. The van der Waals surface area contributed by atoms with Gasteiger partial charge in [0.1, 0.15) is 24.2 Å². The third-order valence-electron chi connectivity index (χ3n) is 6.12. The quantitative estimate of drug-likeness (QED) is 0.162. The molecular formula is C30H34N2O7. The van der Waals surface area contributed by atoms with Crippen LogP contribution in [0.4, 0.5) is 4.79 Å². The highest BCUT2D eigenvalue weighted by atomic mass is 16.6. The lowest BCUT2D eigenvalue weighted by atomic mass is 10.1. The van der Waals surface area contributed by atoms with Crippen LogP contribution in [-0.4, -0.2) is 47.2 Å². The van der Waals surface area contributed by atoms with Crippen molar-refractivity contribution in [1.82, 2.24) is 9.88 Å². The van der Waals surface area contributed by atoms with Crippen LogP contribution in [-0.2, 0) is 16.1 Å². The molecule has 0 aliphatic rings. The maximum Gasteiger partial charge on any atom is 0.410 e. The van der Waals surface area contributed by atoms with Crippen LogP contribution in [0.2, 0.25) is 0 Å². The highest BCUT2D eigenvalue weighted by Crippen LogP contribution is 2.37. The minimum Gasteiger partial charge on any atom is -0.493 e. The SMILES string of the molecule is CCOC(=O)c1coc(-c2oc3cccc(OCCCN(C(=O)OCc4ccccc4)C(C)(C)C)c3c2C)n1. The Balaban J connectivity index is 1.41. The minimum atomic E-state index is -0.557. The molecule has 0 aliphatic carbocycles. The second-order valence-electron chi connectivity index (χ2n) is 10.0. The third kappa shape index (κ3) is 6.60. The number of fused-ring (bicyclic) bond motifs is 1. The van der Waals surface area contributed by atoms with E-state index >= 15 is 0 Å². The largest absolute Gasteiger partial charge is 0.493 e. The molecule has 2 aromatic heterocycles. The summed E-state index contributed by atoms with van der Waals surface area (Å²) in [7, 11) is 0. The molecule has 0 aliphatic heterocycles. The molecule has 0 N–H and O–H groups in total. The maximum absolute atomic E-state index is 12.9. The number of nitrogens with zero attached hydrogens (tertiary/aromatic N) is 2. The molecular weight excluding hydrogens is 500 g/mol. The lowest BCUT2D eigenvalue weighted by Crippen LogP contribution is -2.46. The summed E-state index contributed by atoms with van der Waals surface area (Å²) in [5.74, 6) is 0.689. The van der Waals surface area contributed by atoms with Crippen LogP contribution >= 0.6 is 0 Å². The molecule has 9 heteroatoms. The van der Waals surface area contributed by atoms with E-state index in [1.807, 2.05) is 76.2 Å². The first-order valence-corrected chi connectivity index (χ1v) is 12.9. The molecule has 1 amide bonds. The normalized spacial score (nSPS) is 11.4. The van der Waals surface area contributed by atoms with E-state index in [1.165, 1.54) is 6.26 Å². The summed E-state index contributed by atoms with van der Waals surface area (Å²) in [5, 5.41) is 0.790. The van der Waals surface area contributed by atoms with Crippen molar-refractivity contribution in [3.8, 4) is 17.4 Å². The number of carbonyl (C=O) groups is 2. The number of aromatic nitrogens is 1. The van der Waals surface area contributed by atoms with Crippen LogP contribution in [0.3, 0.4) is 0 Å². The van der Waals surface area contributed by atoms with E-state index < -0.39 is 11.5 Å². The van der Waals surface area contributed by atoms with Crippen LogP contribution in [0.25, 0.3) is 22.6 Å². The number of carbonyl (C=O) groups excluding carboxylic acids is 2. The van der Waals surface area contributed by atoms with E-state index in [1.54, 1.807) is 11.8 Å². The molecule has 9 nitrogen and oxygen atoms in total. The van der Waals surface area contributed by atoms with Crippen molar-refractivity contribution >= 4 is 23.0 Å². The summed E-state index contributed by atoms with van der Waals surface area (Å²) in [6, 6.07) is 15.1. The average Bonchev–Trinajstić information content (AvgIpc) is 3.52. The van der Waals surface area contributed by atoms with Gasteiger partial charge in [-0.1, -0.05) is 36.4 Å². The monoisotopic (exact) mass is 534 g/mol. The van der Waals surface area contributed by atoms with E-state index in [9.17, 15) is 9.59 Å². The molecule has 0 saturated carbocycles. The number of benzene rings is 2. The molecule has 0 saturated heterocycles. The lowest BCUT2D eigenvalue weighted by Gasteiger charge is -2.34. The molecule has 4 aromatic rings. The smallest absolute Gasteiger partial charge is 0.410 e. The second-order valence-corrected chi connectivity index (χ2v) is 10.0. The third-order valence-corrected chi connectivity index (χ3v) is 6.12. The van der Waals surface area contributed by atoms with Gasteiger partial charge in [-0.2, -0.15) is 4.98 Å². The Bertz CT molecular complexity index is 1420. The number of rotatable bonds is 10. The van der Waals surface area contributed by atoms with Gasteiger partial charge in [0.25, 0.3) is 5.89 Å². The summed E-state index contributed by atoms with van der Waals surface area (Å²) in [6.45, 7) is 10.8. The number of hydrogen-bond donors (Lipinski definition) is 0. The number of ether oxygens (including phenoxy) is 3. The predicted octanol–water partition coefficient (Wildman–Crippen LogP) is 6.78. The lowest BCUT2D eigenvalue weighted by molar-refractivity contribution is 0.0518. The summed E-state index contributed by atoms with van der Waals surface area (Å²) < 4.78 is 28.2. The first-order chi connectivity index (χ1) is 18.7. The van der Waals surface area contributed by atoms with Crippen LogP contribution in [0.5, 0.6) is 5.75 Å². The van der Waals surface area contributed by atoms with Gasteiger partial charge in [-0.15, -0.1) is 0 Å². The summed E-state index contributed by atoms with van der Waals surface area (Å²) in [5.41, 5.74) is 1.99. The molecule has 0 bridgehead atoms. The van der Waals surface area contributed by atoms with Gasteiger partial charge >= 0.3 is 12.1 Å². The molecule has 0 unspecified atom stereocenters. The fourth-order valence-electron chi connectivity index (χ4n) is 4.17. The molecule has 4 rings (SSSR count). The number of esters is 1. The molecule has 0 fully saturated rings. The Morgan fingerprint density at radius 2 is 1.79 bits per heavy atom. The Labute approximate surface area is 227 Å². The van der Waals surface area contributed by atoms with Crippen LogP contribution < -0.4 is 4.74 Å². The minimum absolute atomic E-state index is 0.0777. The van der Waals surface area contributed by atoms with Gasteiger partial charge in [-0.25, -0.2) is 9.59 Å². The van der Waals surface area contributed by atoms with Gasteiger partial charge in [0.05, 0.1) is 18.6 Å². The van der Waals surface area contributed by atoms with Gasteiger partial charge < -0.3 is 27.9 Å². The zero-order valence-corrected chi connectivity index (χ0v) is 23.0. The predicted molar refractivity (Wildman–Crippen MR) is 146 cm³/mol. The van der Waals surface area contributed by atoms with Crippen molar-refractivity contribution in [2.45, 2.75) is 53.2 Å². The van der Waals surface area contributed by atoms with Crippen molar-refractivity contribution in [3.63, 3.8) is 0 Å². The van der Waals surface area contributed by atoms with Crippen LogP contribution in [0.15, 0.2) is 63.6 Å². The first-order valence-electron chi connectivity index (χ1n) is 12.9. The number of oxazole rings is 1. The second kappa shape index (κ2) is 12.1. The maximum atomic E-state index is 12.9. The molecule has 206 valence electrons. The Morgan fingerprint density at radius 1 is 1.03 bits per heavy atom. The van der Waals surface area contributed by atoms with Gasteiger partial charge in [0.15, 0.2) is 11.5 Å². The number of amides is 1. The van der Waals surface area contributed by atoms with Gasteiger partial charge in [0, 0.05) is 17.6 Å². The number of hydrogen-bond acceptors (Lipinski definition) is 8. The number of furan rings is 1. The van der Waals surface area contributed by atoms with Crippen molar-refractivity contribution in [1.29, 1.82) is 0 Å². The summed E-state index contributed by atoms with van der Waals surface area (Å²) in [6.07, 6.45) is 1.49. The van der Waals surface area contributed by atoms with Crippen molar-refractivity contribution in [2.24, 2.45) is 0 Å². The van der Waals surface area contributed by atoms with Crippen molar-refractivity contribution in [2.75, 3.05) is 19.8 Å². The van der Waals surface area contributed by atoms with E-state index in [0.29, 0.717) is 36.7 Å². The zero-order chi connectivity index (χ0) is 28.0. The molecule has 39 heavy (non-hydrogen) atoms. The van der Waals surface area contributed by atoms with Crippen LogP contribution in [0.1, 0.15) is 55.7 Å². The van der Waals surface area contributed by atoms with Gasteiger partial charge in [-0.3, -0.25) is 0 Å². The fourth-order valence-corrected chi connectivity index (χ4v) is 4.17. The molecule has 0 radical (unpaired) electrons. The Morgan fingerprint density at radius 3 is 2.51 bits per heavy atom. The van der Waals surface area contributed by atoms with E-state index in [-0.39, 0.29) is 30.9 Å². The Hall–Kier alpha value is -4.27. The standard InChI is InChI=1S/C30H34N2O7/c1-6-35-28(33)22-19-37-27(31-22)26-20(2)25-23(14-10-15-24(25)39-26)36-17-11-16-32(30(3,4)5)29(34)38-18-21-12-8-7-9-13-21/h7-10,12-15,19H,6,11,16-18H2,1-5H3.